The van der Waals surface area contributed by atoms with Crippen LogP contribution >= 0.6 is 0 Å². The van der Waals surface area contributed by atoms with E-state index >= 15 is 0 Å². The molecule has 1 rings (SSSR count). The molecule has 1 aromatic rings. The van der Waals surface area contributed by atoms with Crippen molar-refractivity contribution in [2.24, 2.45) is 0 Å². The zero-order valence-electron chi connectivity index (χ0n) is 10.3. The van der Waals surface area contributed by atoms with E-state index in [4.69, 9.17) is 0 Å². The molecular weight excluding hydrogens is 240 g/mol. The van der Waals surface area contributed by atoms with Gasteiger partial charge in [-0.3, -0.25) is 5.10 Å². The maximum absolute atomic E-state index is 11.9. The summed E-state index contributed by atoms with van der Waals surface area (Å²) in [5, 5.41) is 9.65. The number of nitrogens with one attached hydrogen (secondary N) is 3. The Balaban J connectivity index is 2.73. The number of H-pyrrole nitrogens is 1. The molecule has 0 aromatic carbocycles. The average molecular weight is 260 g/mol. The van der Waals surface area contributed by atoms with Gasteiger partial charge >= 0.3 is 0 Å². The molecule has 1 heterocycles. The number of nitrogens with zero attached hydrogens (tertiary/aromatic N) is 1. The predicted octanol–water partition coefficient (Wildman–Crippen LogP) is 0.598. The zero-order valence-corrected chi connectivity index (χ0v) is 11.1. The highest BCUT2D eigenvalue weighted by Crippen LogP contribution is 2.11. The summed E-state index contributed by atoms with van der Waals surface area (Å²) in [6.45, 7) is 5.77. The molecule has 98 valence electrons. The van der Waals surface area contributed by atoms with Crippen LogP contribution in [0, 0.1) is 0 Å². The van der Waals surface area contributed by atoms with E-state index in [2.05, 4.69) is 27.2 Å². The van der Waals surface area contributed by atoms with Crippen LogP contribution in [0.5, 0.6) is 0 Å². The van der Waals surface area contributed by atoms with Gasteiger partial charge < -0.3 is 5.32 Å². The van der Waals surface area contributed by atoms with Crippen molar-refractivity contribution in [3.8, 4) is 0 Å². The molecule has 0 fully saturated rings. The van der Waals surface area contributed by atoms with Gasteiger partial charge in [-0.05, 0) is 19.4 Å². The molecule has 0 spiro atoms. The second kappa shape index (κ2) is 6.73. The lowest BCUT2D eigenvalue weighted by molar-refractivity contribution is 0.573. The van der Waals surface area contributed by atoms with E-state index in [9.17, 15) is 8.42 Å². The zero-order chi connectivity index (χ0) is 12.7. The minimum Gasteiger partial charge on any atom is -0.313 e. The van der Waals surface area contributed by atoms with Crippen molar-refractivity contribution in [2.45, 2.75) is 38.3 Å². The highest BCUT2D eigenvalue weighted by atomic mass is 32.2. The summed E-state index contributed by atoms with van der Waals surface area (Å²) >= 11 is 0. The highest BCUT2D eigenvalue weighted by molar-refractivity contribution is 7.89. The van der Waals surface area contributed by atoms with E-state index in [1.807, 2.05) is 6.92 Å². The van der Waals surface area contributed by atoms with Crippen LogP contribution in [-0.4, -0.2) is 31.7 Å². The summed E-state index contributed by atoms with van der Waals surface area (Å²) in [6, 6.07) is 0. The normalized spacial score (nSPS) is 11.9. The first-order valence-corrected chi connectivity index (χ1v) is 7.32. The molecule has 1 aromatic heterocycles. The van der Waals surface area contributed by atoms with Gasteiger partial charge in [0.15, 0.2) is 5.03 Å². The number of hydrogen-bond donors (Lipinski definition) is 3. The second-order valence-corrected chi connectivity index (χ2v) is 5.50. The van der Waals surface area contributed by atoms with Crippen LogP contribution < -0.4 is 10.0 Å². The summed E-state index contributed by atoms with van der Waals surface area (Å²) in [7, 11) is -3.45. The maximum atomic E-state index is 11.9. The van der Waals surface area contributed by atoms with Gasteiger partial charge in [0.2, 0.25) is 0 Å². The average Bonchev–Trinajstić information content (AvgIpc) is 2.76. The molecule has 0 aliphatic heterocycles. The van der Waals surface area contributed by atoms with Gasteiger partial charge in [-0.2, -0.15) is 5.10 Å². The molecule has 0 atom stereocenters. The van der Waals surface area contributed by atoms with Gasteiger partial charge in [-0.15, -0.1) is 0 Å². The summed E-state index contributed by atoms with van der Waals surface area (Å²) in [4.78, 5) is 0. The molecule has 17 heavy (non-hydrogen) atoms. The van der Waals surface area contributed by atoms with Crippen molar-refractivity contribution in [3.63, 3.8) is 0 Å². The van der Waals surface area contributed by atoms with Crippen LogP contribution in [0.2, 0.25) is 0 Å². The molecule has 0 radical (unpaired) electrons. The van der Waals surface area contributed by atoms with E-state index in [0.29, 0.717) is 18.7 Å². The molecule has 0 saturated heterocycles. The van der Waals surface area contributed by atoms with Crippen molar-refractivity contribution in [1.29, 1.82) is 0 Å². The Labute approximate surface area is 102 Å². The van der Waals surface area contributed by atoms with Gasteiger partial charge in [0.1, 0.15) is 0 Å². The summed E-state index contributed by atoms with van der Waals surface area (Å²) in [5.74, 6) is 0. The minimum atomic E-state index is -3.45. The van der Waals surface area contributed by atoms with Crippen molar-refractivity contribution < 1.29 is 8.42 Å². The summed E-state index contributed by atoms with van der Waals surface area (Å²) in [5.41, 5.74) is 0.669. The Morgan fingerprint density at radius 2 is 2.00 bits per heavy atom. The van der Waals surface area contributed by atoms with Crippen molar-refractivity contribution in [1.82, 2.24) is 20.2 Å². The Morgan fingerprint density at radius 1 is 1.29 bits per heavy atom. The van der Waals surface area contributed by atoms with Crippen molar-refractivity contribution in [2.75, 3.05) is 13.1 Å². The van der Waals surface area contributed by atoms with Crippen LogP contribution in [0.25, 0.3) is 0 Å². The molecule has 0 unspecified atom stereocenters. The number of rotatable bonds is 8. The molecule has 7 heteroatoms. The molecular formula is C10H20N4O2S. The standard InChI is InChI=1S/C10H20N4O2S/c1-3-5-11-7-9-8-12-14-10(9)17(15,16)13-6-4-2/h8,11,13H,3-7H2,1-2H3,(H,12,14). The molecule has 0 aliphatic rings. The summed E-state index contributed by atoms with van der Waals surface area (Å²) < 4.78 is 26.3. The van der Waals surface area contributed by atoms with Crippen molar-refractivity contribution >= 4 is 10.0 Å². The second-order valence-electron chi connectivity index (χ2n) is 3.80. The van der Waals surface area contributed by atoms with Gasteiger partial charge in [0.05, 0.1) is 6.20 Å². The highest BCUT2D eigenvalue weighted by Gasteiger charge is 2.19. The van der Waals surface area contributed by atoms with Crippen LogP contribution in [0.4, 0.5) is 0 Å². The SMILES string of the molecule is CCCNCc1cn[nH]c1S(=O)(=O)NCCC. The lowest BCUT2D eigenvalue weighted by Crippen LogP contribution is -2.26. The van der Waals surface area contributed by atoms with Gasteiger partial charge in [-0.1, -0.05) is 13.8 Å². The van der Waals surface area contributed by atoms with E-state index < -0.39 is 10.0 Å². The fourth-order valence-corrected chi connectivity index (χ4v) is 2.63. The third kappa shape index (κ3) is 4.10. The lowest BCUT2D eigenvalue weighted by Gasteiger charge is -2.06. The Morgan fingerprint density at radius 3 is 2.65 bits per heavy atom. The maximum Gasteiger partial charge on any atom is 0.257 e. The molecule has 0 bridgehead atoms. The summed E-state index contributed by atoms with van der Waals surface area (Å²) in [6.07, 6.45) is 3.31. The third-order valence-electron chi connectivity index (χ3n) is 2.23. The lowest BCUT2D eigenvalue weighted by atomic mass is 10.3. The predicted molar refractivity (Wildman–Crippen MR) is 66.1 cm³/mol. The number of sulfonamides is 1. The number of aromatic nitrogens is 2. The number of hydrogen-bond acceptors (Lipinski definition) is 4. The topological polar surface area (TPSA) is 86.9 Å². The Kier molecular flexibility index (Phi) is 5.60. The minimum absolute atomic E-state index is 0.162. The van der Waals surface area contributed by atoms with Crippen molar-refractivity contribution in [3.05, 3.63) is 11.8 Å². The number of aromatic amines is 1. The first-order valence-electron chi connectivity index (χ1n) is 5.84. The van der Waals surface area contributed by atoms with Gasteiger partial charge in [-0.25, -0.2) is 13.1 Å². The van der Waals surface area contributed by atoms with Crippen LogP contribution in [-0.2, 0) is 16.6 Å². The fourth-order valence-electron chi connectivity index (χ4n) is 1.37. The van der Waals surface area contributed by atoms with E-state index in [-0.39, 0.29) is 5.03 Å². The largest absolute Gasteiger partial charge is 0.313 e. The van der Waals surface area contributed by atoms with Gasteiger partial charge in [0, 0.05) is 18.7 Å². The fraction of sp³-hybridized carbons (Fsp3) is 0.700. The monoisotopic (exact) mass is 260 g/mol. The van der Waals surface area contributed by atoms with E-state index in [0.717, 1.165) is 19.4 Å². The molecule has 0 amide bonds. The molecule has 6 nitrogen and oxygen atoms in total. The first kappa shape index (κ1) is 14.1. The third-order valence-corrected chi connectivity index (χ3v) is 3.71. The Hall–Kier alpha value is -0.920. The molecule has 0 aliphatic carbocycles. The van der Waals surface area contributed by atoms with Crippen LogP contribution in [0.3, 0.4) is 0 Å². The first-order chi connectivity index (χ1) is 8.11. The smallest absolute Gasteiger partial charge is 0.257 e. The van der Waals surface area contributed by atoms with Crippen LogP contribution in [0.1, 0.15) is 32.3 Å². The van der Waals surface area contributed by atoms with E-state index in [1.165, 1.54) is 0 Å². The molecule has 0 saturated carbocycles. The Bertz CT molecular complexity index is 427. The molecule has 3 N–H and O–H groups in total. The van der Waals surface area contributed by atoms with Crippen LogP contribution in [0.15, 0.2) is 11.2 Å². The quantitative estimate of drug-likeness (QED) is 0.597. The van der Waals surface area contributed by atoms with Gasteiger partial charge in [0.25, 0.3) is 10.0 Å². The van der Waals surface area contributed by atoms with E-state index in [1.54, 1.807) is 6.20 Å².